The van der Waals surface area contributed by atoms with E-state index < -0.39 is 6.10 Å². The van der Waals surface area contributed by atoms with Crippen LogP contribution in [0.4, 0.5) is 0 Å². The van der Waals surface area contributed by atoms with Crippen LogP contribution in [0, 0.1) is 11.8 Å². The number of hydrogen-bond acceptors (Lipinski definition) is 3. The third kappa shape index (κ3) is 3.02. The van der Waals surface area contributed by atoms with Gasteiger partial charge in [-0.25, -0.2) is 0 Å². The zero-order valence-electron chi connectivity index (χ0n) is 15.2. The molecule has 0 saturated carbocycles. The molecular weight excluding hydrogens is 312 g/mol. The molecule has 1 aromatic carbocycles. The predicted octanol–water partition coefficient (Wildman–Crippen LogP) is 2.37. The Bertz CT molecular complexity index is 748. The number of nitrogens with one attached hydrogen (secondary N) is 1. The third-order valence-electron chi connectivity index (χ3n) is 6.39. The van der Waals surface area contributed by atoms with Gasteiger partial charge in [-0.3, -0.25) is 4.98 Å². The number of aliphatic hydroxyl groups excluding tert-OH is 1. The van der Waals surface area contributed by atoms with Gasteiger partial charge in [0, 0.05) is 30.3 Å². The summed E-state index contributed by atoms with van der Waals surface area (Å²) in [5, 5.41) is 12.3. The molecule has 1 unspecified atom stereocenters. The normalized spacial score (nSPS) is 29.7. The molecule has 2 aromatic rings. The zero-order chi connectivity index (χ0) is 17.4. The first kappa shape index (κ1) is 16.8. The summed E-state index contributed by atoms with van der Waals surface area (Å²) in [5.74, 6) is 2.47. The maximum Gasteiger partial charge on any atom is 0.131 e. The molecule has 3 fully saturated rings. The molecule has 2 N–H and O–H groups in total. The van der Waals surface area contributed by atoms with Crippen molar-refractivity contribution < 1.29 is 14.7 Å². The van der Waals surface area contributed by atoms with Crippen molar-refractivity contribution in [3.8, 4) is 5.75 Å². The van der Waals surface area contributed by atoms with Crippen LogP contribution in [0.15, 0.2) is 30.5 Å². The molecule has 134 valence electrons. The summed E-state index contributed by atoms with van der Waals surface area (Å²) in [7, 11) is 0. The number of quaternary nitrogens is 1. The second-order valence-electron chi connectivity index (χ2n) is 7.63. The molecule has 0 spiro atoms. The second kappa shape index (κ2) is 6.93. The van der Waals surface area contributed by atoms with Crippen LogP contribution in [-0.2, 0) is 0 Å². The van der Waals surface area contributed by atoms with Crippen LogP contribution in [0.1, 0.15) is 44.8 Å². The molecule has 0 aliphatic carbocycles. The average Bonchev–Trinajstić information content (AvgIpc) is 2.67. The first-order chi connectivity index (χ1) is 12.2. The Morgan fingerprint density at radius 3 is 2.92 bits per heavy atom. The van der Waals surface area contributed by atoms with E-state index >= 15 is 0 Å². The Morgan fingerprint density at radius 1 is 1.32 bits per heavy atom. The Morgan fingerprint density at radius 2 is 2.20 bits per heavy atom. The summed E-state index contributed by atoms with van der Waals surface area (Å²) < 4.78 is 5.66. The highest BCUT2D eigenvalue weighted by atomic mass is 16.5. The van der Waals surface area contributed by atoms with E-state index in [9.17, 15) is 5.11 Å². The van der Waals surface area contributed by atoms with Crippen molar-refractivity contribution in [2.24, 2.45) is 11.8 Å². The number of rotatable bonds is 5. The first-order valence-corrected chi connectivity index (χ1v) is 9.75. The molecule has 3 aliphatic heterocycles. The van der Waals surface area contributed by atoms with Crippen molar-refractivity contribution in [1.29, 1.82) is 0 Å². The van der Waals surface area contributed by atoms with Crippen molar-refractivity contribution in [2.45, 2.75) is 45.3 Å². The molecule has 0 radical (unpaired) electrons. The summed E-state index contributed by atoms with van der Waals surface area (Å²) in [6.45, 7) is 7.36. The Labute approximate surface area is 149 Å². The number of ether oxygens (including phenoxy) is 1. The number of hydrogen-bond donors (Lipinski definition) is 2. The van der Waals surface area contributed by atoms with Crippen molar-refractivity contribution in [3.63, 3.8) is 0 Å². The number of aromatic nitrogens is 1. The van der Waals surface area contributed by atoms with E-state index in [-0.39, 0.29) is 0 Å². The van der Waals surface area contributed by atoms with Gasteiger partial charge in [-0.15, -0.1) is 0 Å². The molecule has 3 aliphatic rings. The van der Waals surface area contributed by atoms with Crippen LogP contribution >= 0.6 is 0 Å². The molecule has 0 amide bonds. The van der Waals surface area contributed by atoms with Gasteiger partial charge in [0.05, 0.1) is 25.2 Å². The van der Waals surface area contributed by atoms with E-state index in [2.05, 4.69) is 11.9 Å². The lowest BCUT2D eigenvalue weighted by molar-refractivity contribution is -0.950. The summed E-state index contributed by atoms with van der Waals surface area (Å²) in [5.41, 5.74) is 1.93. The Hall–Kier alpha value is -1.65. The lowest BCUT2D eigenvalue weighted by Crippen LogP contribution is -3.20. The fourth-order valence-corrected chi connectivity index (χ4v) is 5.06. The highest BCUT2D eigenvalue weighted by molar-refractivity contribution is 5.83. The highest BCUT2D eigenvalue weighted by Gasteiger charge is 2.46. The van der Waals surface area contributed by atoms with Gasteiger partial charge < -0.3 is 14.7 Å². The van der Waals surface area contributed by atoms with Crippen molar-refractivity contribution in [3.05, 3.63) is 36.0 Å². The van der Waals surface area contributed by atoms with Crippen molar-refractivity contribution in [2.75, 3.05) is 19.7 Å². The van der Waals surface area contributed by atoms with Crippen LogP contribution < -0.4 is 9.64 Å². The Balaban J connectivity index is 1.66. The SMILES string of the molecule is CCOc1ccc2nccc([C@@H](O)[C@H]3C[C@H]4CC[NH+]3C[C@H]4CC)c2c1. The zero-order valence-corrected chi connectivity index (χ0v) is 15.2. The fourth-order valence-electron chi connectivity index (χ4n) is 5.06. The van der Waals surface area contributed by atoms with Crippen LogP contribution in [-0.4, -0.2) is 35.8 Å². The van der Waals surface area contributed by atoms with Gasteiger partial charge in [-0.1, -0.05) is 6.92 Å². The summed E-state index contributed by atoms with van der Waals surface area (Å²) in [6.07, 6.45) is 5.12. The van der Waals surface area contributed by atoms with Gasteiger partial charge in [0.2, 0.25) is 0 Å². The molecule has 5 rings (SSSR count). The van der Waals surface area contributed by atoms with Gasteiger partial charge in [0.15, 0.2) is 0 Å². The minimum atomic E-state index is -0.432. The quantitative estimate of drug-likeness (QED) is 0.878. The molecule has 4 nitrogen and oxygen atoms in total. The van der Waals surface area contributed by atoms with Gasteiger partial charge in [-0.05, 0) is 49.1 Å². The molecule has 4 heteroatoms. The lowest BCUT2D eigenvalue weighted by Gasteiger charge is -2.48. The average molecular weight is 341 g/mol. The highest BCUT2D eigenvalue weighted by Crippen LogP contribution is 2.35. The van der Waals surface area contributed by atoms with E-state index in [4.69, 9.17) is 4.74 Å². The molecule has 5 atom stereocenters. The first-order valence-electron chi connectivity index (χ1n) is 9.75. The van der Waals surface area contributed by atoms with Crippen molar-refractivity contribution >= 4 is 10.9 Å². The van der Waals surface area contributed by atoms with E-state index in [0.717, 1.165) is 40.5 Å². The Kier molecular flexibility index (Phi) is 4.65. The summed E-state index contributed by atoms with van der Waals surface area (Å²) in [6, 6.07) is 8.28. The van der Waals surface area contributed by atoms with Crippen LogP contribution in [0.25, 0.3) is 10.9 Å². The van der Waals surface area contributed by atoms with Crippen LogP contribution in [0.5, 0.6) is 5.75 Å². The molecule has 2 bridgehead atoms. The minimum absolute atomic E-state index is 0.308. The minimum Gasteiger partial charge on any atom is -0.494 e. The molecular formula is C21H29N2O2+. The van der Waals surface area contributed by atoms with Gasteiger partial charge in [-0.2, -0.15) is 0 Å². The largest absolute Gasteiger partial charge is 0.494 e. The topological polar surface area (TPSA) is 46.8 Å². The predicted molar refractivity (Wildman–Crippen MR) is 98.9 cm³/mol. The lowest BCUT2D eigenvalue weighted by atomic mass is 9.72. The molecule has 25 heavy (non-hydrogen) atoms. The number of pyridine rings is 1. The second-order valence-corrected chi connectivity index (χ2v) is 7.63. The maximum absolute atomic E-state index is 11.3. The van der Waals surface area contributed by atoms with Gasteiger partial charge >= 0.3 is 0 Å². The molecule has 1 aromatic heterocycles. The van der Waals surface area contributed by atoms with Gasteiger partial charge in [0.25, 0.3) is 0 Å². The van der Waals surface area contributed by atoms with E-state index in [0.29, 0.717) is 12.6 Å². The van der Waals surface area contributed by atoms with E-state index in [1.165, 1.54) is 25.9 Å². The van der Waals surface area contributed by atoms with Crippen LogP contribution in [0.3, 0.4) is 0 Å². The summed E-state index contributed by atoms with van der Waals surface area (Å²) >= 11 is 0. The molecule has 3 saturated heterocycles. The van der Waals surface area contributed by atoms with E-state index in [1.807, 2.05) is 37.4 Å². The number of aliphatic hydroxyl groups is 1. The summed E-state index contributed by atoms with van der Waals surface area (Å²) in [4.78, 5) is 6.06. The van der Waals surface area contributed by atoms with E-state index in [1.54, 1.807) is 4.90 Å². The number of nitrogens with zero attached hydrogens (tertiary/aromatic N) is 1. The third-order valence-corrected chi connectivity index (χ3v) is 6.39. The maximum atomic E-state index is 11.3. The smallest absolute Gasteiger partial charge is 0.131 e. The van der Waals surface area contributed by atoms with Crippen molar-refractivity contribution in [1.82, 2.24) is 4.98 Å². The standard InChI is InChI=1S/C21H28N2O2/c1-3-14-13-23-10-8-15(14)11-20(23)21(24)17-7-9-22-19-6-5-16(25-4-2)12-18(17)19/h5-7,9,12,14-15,20-21,24H,3-4,8,10-11,13H2,1-2H3/p+1/t14-,15-,20-,21-/m1/s1. The monoisotopic (exact) mass is 341 g/mol. The number of fused-ring (bicyclic) bond motifs is 4. The van der Waals surface area contributed by atoms with Crippen LogP contribution in [0.2, 0.25) is 0 Å². The number of benzene rings is 1. The fraction of sp³-hybridized carbons (Fsp3) is 0.571. The molecule has 4 heterocycles. The number of piperidine rings is 3. The van der Waals surface area contributed by atoms with Gasteiger partial charge in [0.1, 0.15) is 17.9 Å².